The molecule has 6 nitrogen and oxygen atoms in total. The van der Waals surface area contributed by atoms with Gasteiger partial charge in [-0.1, -0.05) is 18.2 Å². The summed E-state index contributed by atoms with van der Waals surface area (Å²) in [5.41, 5.74) is 7.14. The lowest BCUT2D eigenvalue weighted by Gasteiger charge is -2.07. The van der Waals surface area contributed by atoms with Gasteiger partial charge in [-0.25, -0.2) is 0 Å². The van der Waals surface area contributed by atoms with Crippen molar-refractivity contribution in [1.82, 2.24) is 5.32 Å². The van der Waals surface area contributed by atoms with Crippen LogP contribution in [0.1, 0.15) is 15.9 Å². The SMILES string of the molecule is Nc1ccc([N+](=O)[O-])cc1CNC(=O)c1ccccc1. The predicted molar refractivity (Wildman–Crippen MR) is 75.1 cm³/mol. The molecule has 2 aromatic rings. The molecule has 0 aliphatic carbocycles. The lowest BCUT2D eigenvalue weighted by Crippen LogP contribution is -2.23. The van der Waals surface area contributed by atoms with Gasteiger partial charge in [0.1, 0.15) is 0 Å². The number of nitrogens with zero attached hydrogens (tertiary/aromatic N) is 1. The lowest BCUT2D eigenvalue weighted by atomic mass is 10.1. The number of rotatable bonds is 4. The minimum atomic E-state index is -0.498. The number of hydrogen-bond donors (Lipinski definition) is 2. The summed E-state index contributed by atoms with van der Waals surface area (Å²) in [4.78, 5) is 22.1. The first-order valence-electron chi connectivity index (χ1n) is 5.94. The van der Waals surface area contributed by atoms with Crippen LogP contribution in [0.2, 0.25) is 0 Å². The standard InChI is InChI=1S/C14H13N3O3/c15-13-7-6-12(17(19)20)8-11(13)9-16-14(18)10-4-2-1-3-5-10/h1-8H,9,15H2,(H,16,18). The second-order valence-corrected chi connectivity index (χ2v) is 4.19. The molecule has 6 heteroatoms. The summed E-state index contributed by atoms with van der Waals surface area (Å²) in [6, 6.07) is 12.9. The molecule has 3 N–H and O–H groups in total. The number of amides is 1. The number of nitro benzene ring substituents is 1. The molecule has 0 unspecified atom stereocenters. The third-order valence-corrected chi connectivity index (χ3v) is 2.81. The van der Waals surface area contributed by atoms with Crippen molar-refractivity contribution in [2.24, 2.45) is 0 Å². The fourth-order valence-corrected chi connectivity index (χ4v) is 1.73. The summed E-state index contributed by atoms with van der Waals surface area (Å²) < 4.78 is 0. The number of non-ortho nitro benzene ring substituents is 1. The van der Waals surface area contributed by atoms with Gasteiger partial charge in [-0.3, -0.25) is 14.9 Å². The van der Waals surface area contributed by atoms with Gasteiger partial charge in [-0.05, 0) is 18.2 Å². The molecule has 0 aliphatic heterocycles. The topological polar surface area (TPSA) is 98.3 Å². The maximum atomic E-state index is 11.9. The molecule has 0 saturated carbocycles. The van der Waals surface area contributed by atoms with Gasteiger partial charge in [-0.2, -0.15) is 0 Å². The van der Waals surface area contributed by atoms with Crippen LogP contribution in [-0.4, -0.2) is 10.8 Å². The van der Waals surface area contributed by atoms with Gasteiger partial charge in [0.25, 0.3) is 11.6 Å². The molecule has 0 radical (unpaired) electrons. The molecule has 0 heterocycles. The van der Waals surface area contributed by atoms with Crippen LogP contribution in [0.25, 0.3) is 0 Å². The maximum Gasteiger partial charge on any atom is 0.269 e. The van der Waals surface area contributed by atoms with Gasteiger partial charge in [-0.15, -0.1) is 0 Å². The maximum absolute atomic E-state index is 11.9. The van der Waals surface area contributed by atoms with Crippen molar-refractivity contribution < 1.29 is 9.72 Å². The van der Waals surface area contributed by atoms with E-state index in [0.29, 0.717) is 16.8 Å². The third kappa shape index (κ3) is 3.11. The number of anilines is 1. The van der Waals surface area contributed by atoms with E-state index in [1.54, 1.807) is 24.3 Å². The molecule has 0 aromatic heterocycles. The Morgan fingerprint density at radius 2 is 1.90 bits per heavy atom. The van der Waals surface area contributed by atoms with E-state index in [4.69, 9.17) is 5.73 Å². The molecular formula is C14H13N3O3. The monoisotopic (exact) mass is 271 g/mol. The van der Waals surface area contributed by atoms with E-state index in [-0.39, 0.29) is 18.1 Å². The molecule has 0 saturated heterocycles. The highest BCUT2D eigenvalue weighted by Gasteiger charge is 2.10. The Bertz CT molecular complexity index is 641. The highest BCUT2D eigenvalue weighted by molar-refractivity contribution is 5.94. The van der Waals surface area contributed by atoms with E-state index in [0.717, 1.165) is 0 Å². The largest absolute Gasteiger partial charge is 0.398 e. The molecule has 0 spiro atoms. The molecule has 1 amide bonds. The van der Waals surface area contributed by atoms with E-state index in [9.17, 15) is 14.9 Å². The van der Waals surface area contributed by atoms with Gasteiger partial charge >= 0.3 is 0 Å². The molecule has 20 heavy (non-hydrogen) atoms. The number of benzene rings is 2. The second kappa shape index (κ2) is 5.83. The van der Waals surface area contributed by atoms with Crippen LogP contribution in [0.5, 0.6) is 0 Å². The van der Waals surface area contributed by atoms with Crippen LogP contribution in [0.4, 0.5) is 11.4 Å². The zero-order valence-corrected chi connectivity index (χ0v) is 10.6. The average Bonchev–Trinajstić information content (AvgIpc) is 2.46. The smallest absolute Gasteiger partial charge is 0.269 e. The third-order valence-electron chi connectivity index (χ3n) is 2.81. The Kier molecular flexibility index (Phi) is 3.95. The molecule has 2 rings (SSSR count). The highest BCUT2D eigenvalue weighted by atomic mass is 16.6. The van der Waals surface area contributed by atoms with E-state index < -0.39 is 4.92 Å². The number of carbonyl (C=O) groups is 1. The lowest BCUT2D eigenvalue weighted by molar-refractivity contribution is -0.384. The Morgan fingerprint density at radius 1 is 1.20 bits per heavy atom. The van der Waals surface area contributed by atoms with Crippen molar-refractivity contribution in [2.45, 2.75) is 6.54 Å². The van der Waals surface area contributed by atoms with Crippen LogP contribution in [0, 0.1) is 10.1 Å². The van der Waals surface area contributed by atoms with Gasteiger partial charge in [0.15, 0.2) is 0 Å². The number of nitrogens with two attached hydrogens (primary N) is 1. The number of hydrogen-bond acceptors (Lipinski definition) is 4. The Balaban J connectivity index is 2.09. The molecule has 0 fully saturated rings. The Hall–Kier alpha value is -2.89. The second-order valence-electron chi connectivity index (χ2n) is 4.19. The van der Waals surface area contributed by atoms with Crippen LogP contribution in [0.3, 0.4) is 0 Å². The summed E-state index contributed by atoms with van der Waals surface area (Å²) in [5.74, 6) is -0.253. The zero-order valence-electron chi connectivity index (χ0n) is 10.6. The predicted octanol–water partition coefficient (Wildman–Crippen LogP) is 2.11. The summed E-state index contributed by atoms with van der Waals surface area (Å²) in [5, 5.41) is 13.4. The zero-order chi connectivity index (χ0) is 14.5. The molecule has 102 valence electrons. The minimum absolute atomic E-state index is 0.0526. The number of nitrogens with one attached hydrogen (secondary N) is 1. The van der Waals surface area contributed by atoms with E-state index >= 15 is 0 Å². The molecular weight excluding hydrogens is 258 g/mol. The molecule has 0 atom stereocenters. The van der Waals surface area contributed by atoms with Crippen molar-refractivity contribution >= 4 is 17.3 Å². The van der Waals surface area contributed by atoms with Crippen molar-refractivity contribution in [2.75, 3.05) is 5.73 Å². The first kappa shape index (κ1) is 13.5. The first-order valence-corrected chi connectivity index (χ1v) is 5.94. The van der Waals surface area contributed by atoms with E-state index in [1.165, 1.54) is 18.2 Å². The quantitative estimate of drug-likeness (QED) is 0.505. The first-order chi connectivity index (χ1) is 9.58. The molecule has 2 aromatic carbocycles. The normalized spacial score (nSPS) is 10.0. The molecule has 0 bridgehead atoms. The Morgan fingerprint density at radius 3 is 2.55 bits per heavy atom. The summed E-state index contributed by atoms with van der Waals surface area (Å²) in [7, 11) is 0. The van der Waals surface area contributed by atoms with Gasteiger partial charge in [0, 0.05) is 35.5 Å². The van der Waals surface area contributed by atoms with Gasteiger partial charge in [0.2, 0.25) is 0 Å². The van der Waals surface area contributed by atoms with Gasteiger partial charge in [0.05, 0.1) is 4.92 Å². The van der Waals surface area contributed by atoms with E-state index in [2.05, 4.69) is 5.32 Å². The minimum Gasteiger partial charge on any atom is -0.398 e. The fourth-order valence-electron chi connectivity index (χ4n) is 1.73. The van der Waals surface area contributed by atoms with Crippen molar-refractivity contribution in [3.63, 3.8) is 0 Å². The number of nitrogen functional groups attached to an aromatic ring is 1. The van der Waals surface area contributed by atoms with Crippen LogP contribution < -0.4 is 11.1 Å². The van der Waals surface area contributed by atoms with Crippen molar-refractivity contribution in [3.05, 3.63) is 69.8 Å². The summed E-state index contributed by atoms with van der Waals surface area (Å²) in [6.45, 7) is 0.140. The Labute approximate surface area is 115 Å². The average molecular weight is 271 g/mol. The summed E-state index contributed by atoms with van der Waals surface area (Å²) in [6.07, 6.45) is 0. The van der Waals surface area contributed by atoms with Gasteiger partial charge < -0.3 is 11.1 Å². The number of carbonyl (C=O) groups excluding carboxylic acids is 1. The fraction of sp³-hybridized carbons (Fsp3) is 0.0714. The van der Waals surface area contributed by atoms with Crippen molar-refractivity contribution in [3.8, 4) is 0 Å². The summed E-state index contributed by atoms with van der Waals surface area (Å²) >= 11 is 0. The molecule has 0 aliphatic rings. The van der Waals surface area contributed by atoms with Crippen LogP contribution >= 0.6 is 0 Å². The number of nitro groups is 1. The van der Waals surface area contributed by atoms with Crippen molar-refractivity contribution in [1.29, 1.82) is 0 Å². The van der Waals surface area contributed by atoms with Crippen LogP contribution in [0.15, 0.2) is 48.5 Å². The highest BCUT2D eigenvalue weighted by Crippen LogP contribution is 2.19. The van der Waals surface area contributed by atoms with Crippen LogP contribution in [-0.2, 0) is 6.54 Å². The van der Waals surface area contributed by atoms with E-state index in [1.807, 2.05) is 6.07 Å².